The summed E-state index contributed by atoms with van der Waals surface area (Å²) in [6.45, 7) is 0. The summed E-state index contributed by atoms with van der Waals surface area (Å²) < 4.78 is 24.3. The third-order valence-electron chi connectivity index (χ3n) is 1.07. The molecule has 0 saturated carbocycles. The maximum Gasteiger partial charge on any atom is 0.247 e. The molecular formula is C7H6BrF2NS. The van der Waals surface area contributed by atoms with Gasteiger partial charge in [0.2, 0.25) is 6.43 Å². The highest BCUT2D eigenvalue weighted by molar-refractivity contribution is 9.10. The molecule has 1 rings (SSSR count). The van der Waals surface area contributed by atoms with Gasteiger partial charge in [0.05, 0.1) is 5.75 Å². The third kappa shape index (κ3) is 3.06. The number of pyridine rings is 1. The molecule has 0 radical (unpaired) electrons. The number of halogens is 3. The molecule has 1 heterocycles. The lowest BCUT2D eigenvalue weighted by Gasteiger charge is -2.00. The smallest absolute Gasteiger partial charge is 0.247 e. The van der Waals surface area contributed by atoms with Crippen LogP contribution in [-0.2, 0) is 0 Å². The molecule has 12 heavy (non-hydrogen) atoms. The number of thioether (sulfide) groups is 1. The quantitative estimate of drug-likeness (QED) is 0.768. The lowest BCUT2D eigenvalue weighted by atomic mass is 10.5. The van der Waals surface area contributed by atoms with Gasteiger partial charge in [-0.25, -0.2) is 13.8 Å². The van der Waals surface area contributed by atoms with Crippen LogP contribution in [-0.4, -0.2) is 17.2 Å². The zero-order valence-electron chi connectivity index (χ0n) is 6.01. The van der Waals surface area contributed by atoms with Gasteiger partial charge in [-0.05, 0) is 28.1 Å². The Morgan fingerprint density at radius 1 is 1.58 bits per heavy atom. The molecule has 0 N–H and O–H groups in total. The van der Waals surface area contributed by atoms with Gasteiger partial charge in [-0.3, -0.25) is 0 Å². The summed E-state index contributed by atoms with van der Waals surface area (Å²) in [5.74, 6) is -0.213. The van der Waals surface area contributed by atoms with Crippen LogP contribution in [0.1, 0.15) is 0 Å². The van der Waals surface area contributed by atoms with Crippen molar-refractivity contribution in [1.29, 1.82) is 0 Å². The van der Waals surface area contributed by atoms with Crippen molar-refractivity contribution in [2.24, 2.45) is 0 Å². The van der Waals surface area contributed by atoms with Gasteiger partial charge >= 0.3 is 0 Å². The Balaban J connectivity index is 2.57. The molecule has 5 heteroatoms. The van der Waals surface area contributed by atoms with E-state index >= 15 is 0 Å². The van der Waals surface area contributed by atoms with E-state index < -0.39 is 6.43 Å². The minimum atomic E-state index is -2.29. The molecule has 0 aromatic carbocycles. The average molecular weight is 254 g/mol. The summed E-state index contributed by atoms with van der Waals surface area (Å²) in [4.78, 5) is 3.93. The van der Waals surface area contributed by atoms with E-state index in [4.69, 9.17) is 0 Å². The van der Waals surface area contributed by atoms with Crippen molar-refractivity contribution in [2.45, 2.75) is 11.5 Å². The maximum atomic E-state index is 11.8. The third-order valence-corrected chi connectivity index (χ3v) is 2.99. The van der Waals surface area contributed by atoms with Gasteiger partial charge in [-0.15, -0.1) is 0 Å². The molecule has 0 atom stereocenters. The molecule has 0 spiro atoms. The summed E-state index contributed by atoms with van der Waals surface area (Å²) in [6.07, 6.45) is -0.706. The number of nitrogens with zero attached hydrogens (tertiary/aromatic N) is 1. The molecule has 0 unspecified atom stereocenters. The van der Waals surface area contributed by atoms with Gasteiger partial charge in [-0.2, -0.15) is 0 Å². The molecule has 0 aliphatic rings. The molecule has 66 valence electrons. The van der Waals surface area contributed by atoms with E-state index in [1.54, 1.807) is 18.3 Å². The van der Waals surface area contributed by atoms with Crippen molar-refractivity contribution in [3.63, 3.8) is 0 Å². The first kappa shape index (κ1) is 9.92. The van der Waals surface area contributed by atoms with Gasteiger partial charge in [0.25, 0.3) is 0 Å². The summed E-state index contributed by atoms with van der Waals surface area (Å²) in [5.41, 5.74) is 0. The summed E-state index contributed by atoms with van der Waals surface area (Å²) in [6, 6.07) is 3.53. The first-order chi connectivity index (χ1) is 5.70. The van der Waals surface area contributed by atoms with Crippen molar-refractivity contribution < 1.29 is 8.78 Å². The van der Waals surface area contributed by atoms with E-state index in [0.717, 1.165) is 16.2 Å². The largest absolute Gasteiger partial charge is 0.249 e. The van der Waals surface area contributed by atoms with Crippen LogP contribution < -0.4 is 0 Å². The van der Waals surface area contributed by atoms with Crippen LogP contribution in [0.2, 0.25) is 0 Å². The van der Waals surface area contributed by atoms with Crippen LogP contribution in [0.4, 0.5) is 8.78 Å². The SMILES string of the molecule is FC(F)CSc1ncccc1Br. The fourth-order valence-corrected chi connectivity index (χ4v) is 1.84. The van der Waals surface area contributed by atoms with Crippen LogP contribution in [0.5, 0.6) is 0 Å². The van der Waals surface area contributed by atoms with Gasteiger partial charge in [0, 0.05) is 10.7 Å². The van der Waals surface area contributed by atoms with Crippen LogP contribution >= 0.6 is 27.7 Å². The lowest BCUT2D eigenvalue weighted by Crippen LogP contribution is -1.94. The Morgan fingerprint density at radius 2 is 2.33 bits per heavy atom. The summed E-state index contributed by atoms with van der Waals surface area (Å²) >= 11 is 4.27. The lowest BCUT2D eigenvalue weighted by molar-refractivity contribution is 0.177. The van der Waals surface area contributed by atoms with Crippen molar-refractivity contribution >= 4 is 27.7 Å². The normalized spacial score (nSPS) is 10.7. The molecule has 0 saturated heterocycles. The molecule has 0 aliphatic heterocycles. The number of hydrogen-bond acceptors (Lipinski definition) is 2. The first-order valence-corrected chi connectivity index (χ1v) is 4.99. The van der Waals surface area contributed by atoms with E-state index in [9.17, 15) is 8.78 Å². The highest BCUT2D eigenvalue weighted by atomic mass is 79.9. The second-order valence-electron chi connectivity index (χ2n) is 1.99. The van der Waals surface area contributed by atoms with Crippen molar-refractivity contribution in [1.82, 2.24) is 4.98 Å². The predicted molar refractivity (Wildman–Crippen MR) is 48.7 cm³/mol. The minimum absolute atomic E-state index is 0.213. The predicted octanol–water partition coefficient (Wildman–Crippen LogP) is 3.20. The Bertz CT molecular complexity index is 257. The second-order valence-corrected chi connectivity index (χ2v) is 3.86. The summed E-state index contributed by atoms with van der Waals surface area (Å²) in [7, 11) is 0. The fourth-order valence-electron chi connectivity index (χ4n) is 0.619. The Labute approximate surface area is 81.7 Å². The minimum Gasteiger partial charge on any atom is -0.249 e. The topological polar surface area (TPSA) is 12.9 Å². The molecule has 1 aromatic heterocycles. The van der Waals surface area contributed by atoms with E-state index in [1.165, 1.54) is 0 Å². The van der Waals surface area contributed by atoms with Gasteiger partial charge in [-0.1, -0.05) is 11.8 Å². The molecule has 0 bridgehead atoms. The number of rotatable bonds is 3. The Kier molecular flexibility index (Phi) is 3.94. The number of aromatic nitrogens is 1. The zero-order valence-corrected chi connectivity index (χ0v) is 8.41. The second kappa shape index (κ2) is 4.77. The molecule has 0 amide bonds. The number of alkyl halides is 2. The van der Waals surface area contributed by atoms with Crippen molar-refractivity contribution in [2.75, 3.05) is 5.75 Å². The standard InChI is InChI=1S/C7H6BrF2NS/c8-5-2-1-3-11-7(5)12-4-6(9)10/h1-3,6H,4H2. The van der Waals surface area contributed by atoms with E-state index in [1.807, 2.05) is 0 Å². The van der Waals surface area contributed by atoms with E-state index in [0.29, 0.717) is 5.03 Å². The Morgan fingerprint density at radius 3 is 2.92 bits per heavy atom. The van der Waals surface area contributed by atoms with Crippen LogP contribution in [0, 0.1) is 0 Å². The van der Waals surface area contributed by atoms with E-state index in [-0.39, 0.29) is 5.75 Å². The maximum absolute atomic E-state index is 11.8. The highest BCUT2D eigenvalue weighted by Crippen LogP contribution is 2.25. The fraction of sp³-hybridized carbons (Fsp3) is 0.286. The van der Waals surface area contributed by atoms with Gasteiger partial charge in [0.15, 0.2) is 0 Å². The number of hydrogen-bond donors (Lipinski definition) is 0. The van der Waals surface area contributed by atoms with Crippen molar-refractivity contribution in [3.05, 3.63) is 22.8 Å². The molecule has 0 fully saturated rings. The van der Waals surface area contributed by atoms with Gasteiger partial charge < -0.3 is 0 Å². The molecule has 1 nitrogen and oxygen atoms in total. The van der Waals surface area contributed by atoms with Crippen LogP contribution in [0.15, 0.2) is 27.8 Å². The van der Waals surface area contributed by atoms with Gasteiger partial charge in [0.1, 0.15) is 5.03 Å². The average Bonchev–Trinajstić information content (AvgIpc) is 2.03. The highest BCUT2D eigenvalue weighted by Gasteiger charge is 2.06. The van der Waals surface area contributed by atoms with Crippen LogP contribution in [0.3, 0.4) is 0 Å². The molecular weight excluding hydrogens is 248 g/mol. The van der Waals surface area contributed by atoms with E-state index in [2.05, 4.69) is 20.9 Å². The monoisotopic (exact) mass is 253 g/mol. The summed E-state index contributed by atoms with van der Waals surface area (Å²) in [5, 5.41) is 0.609. The molecule has 1 aromatic rings. The Hall–Kier alpha value is -0.160. The van der Waals surface area contributed by atoms with Crippen LogP contribution in [0.25, 0.3) is 0 Å². The zero-order chi connectivity index (χ0) is 8.97. The first-order valence-electron chi connectivity index (χ1n) is 3.21. The molecule has 0 aliphatic carbocycles. The van der Waals surface area contributed by atoms with Crippen molar-refractivity contribution in [3.8, 4) is 0 Å².